The van der Waals surface area contributed by atoms with Crippen LogP contribution in [0, 0.1) is 0 Å². The predicted molar refractivity (Wildman–Crippen MR) is 63.9 cm³/mol. The van der Waals surface area contributed by atoms with E-state index in [9.17, 15) is 4.79 Å². The number of anilines is 1. The molecule has 0 radical (unpaired) electrons. The predicted octanol–water partition coefficient (Wildman–Crippen LogP) is -0.419. The molecule has 1 aromatic heterocycles. The number of primary amides is 1. The highest BCUT2D eigenvalue weighted by Crippen LogP contribution is 2.05. The maximum Gasteiger partial charge on any atom is 0.250 e. The molecule has 17 heavy (non-hydrogen) atoms. The summed E-state index contributed by atoms with van der Waals surface area (Å²) in [4.78, 5) is 15.0. The number of nitrogens with one attached hydrogen (secondary N) is 2. The summed E-state index contributed by atoms with van der Waals surface area (Å²) >= 11 is 0. The van der Waals surface area contributed by atoms with Gasteiger partial charge in [-0.2, -0.15) is 0 Å². The number of hydrogen-bond acceptors (Lipinski definition) is 5. The van der Waals surface area contributed by atoms with Crippen molar-refractivity contribution in [3.8, 4) is 0 Å². The zero-order valence-corrected chi connectivity index (χ0v) is 9.48. The highest BCUT2D eigenvalue weighted by molar-refractivity contribution is 5.92. The Balaban J connectivity index is 1.84. The molecule has 2 heterocycles. The summed E-state index contributed by atoms with van der Waals surface area (Å²) in [6, 6.07) is 3.69. The van der Waals surface area contributed by atoms with E-state index in [-0.39, 0.29) is 0 Å². The van der Waals surface area contributed by atoms with Crippen LogP contribution in [0.4, 0.5) is 5.82 Å². The molecule has 1 fully saturated rings. The second-order valence-electron chi connectivity index (χ2n) is 3.90. The molecule has 1 aliphatic rings. The Labute approximate surface area is 99.5 Å². The Bertz CT molecular complexity index is 374. The number of nitrogens with zero attached hydrogens (tertiary/aromatic N) is 1. The van der Waals surface area contributed by atoms with E-state index in [1.807, 2.05) is 0 Å². The van der Waals surface area contributed by atoms with Gasteiger partial charge < -0.3 is 21.1 Å². The van der Waals surface area contributed by atoms with Crippen molar-refractivity contribution in [1.82, 2.24) is 10.3 Å². The first-order valence-electron chi connectivity index (χ1n) is 5.56. The number of rotatable bonds is 4. The number of pyridine rings is 1. The third-order valence-electron chi connectivity index (χ3n) is 2.58. The maximum absolute atomic E-state index is 10.9. The number of aromatic nitrogens is 1. The summed E-state index contributed by atoms with van der Waals surface area (Å²) in [6.07, 6.45) is 1.47. The second kappa shape index (κ2) is 5.60. The van der Waals surface area contributed by atoms with Crippen molar-refractivity contribution in [3.05, 3.63) is 23.9 Å². The van der Waals surface area contributed by atoms with E-state index in [0.717, 1.165) is 25.5 Å². The molecule has 0 aliphatic carbocycles. The van der Waals surface area contributed by atoms with E-state index in [0.29, 0.717) is 18.2 Å². The summed E-state index contributed by atoms with van der Waals surface area (Å²) in [5.74, 6) is 0.258. The molecule has 0 aromatic carbocycles. The van der Waals surface area contributed by atoms with Crippen molar-refractivity contribution < 1.29 is 9.53 Å². The lowest BCUT2D eigenvalue weighted by Crippen LogP contribution is -2.45. The first-order chi connectivity index (χ1) is 8.25. The van der Waals surface area contributed by atoms with Crippen LogP contribution in [0.3, 0.4) is 0 Å². The van der Waals surface area contributed by atoms with Crippen molar-refractivity contribution in [1.29, 1.82) is 0 Å². The molecular formula is C11H16N4O2. The topological polar surface area (TPSA) is 89.3 Å². The number of carbonyl (C=O) groups is 1. The van der Waals surface area contributed by atoms with Gasteiger partial charge >= 0.3 is 0 Å². The normalized spacial score (nSPS) is 19.9. The summed E-state index contributed by atoms with van der Waals surface area (Å²) in [5.41, 5.74) is 5.54. The van der Waals surface area contributed by atoms with Gasteiger partial charge in [0.25, 0.3) is 0 Å². The highest BCUT2D eigenvalue weighted by atomic mass is 16.5. The summed E-state index contributed by atoms with van der Waals surface area (Å²) in [7, 11) is 0. The average molecular weight is 236 g/mol. The van der Waals surface area contributed by atoms with Gasteiger partial charge in [0.1, 0.15) is 5.82 Å². The minimum absolute atomic E-state index is 0.293. The van der Waals surface area contributed by atoms with E-state index in [2.05, 4.69) is 15.6 Å². The fraction of sp³-hybridized carbons (Fsp3) is 0.455. The van der Waals surface area contributed by atoms with Gasteiger partial charge in [-0.05, 0) is 12.1 Å². The number of hydrogen-bond donors (Lipinski definition) is 3. The highest BCUT2D eigenvalue weighted by Gasteiger charge is 2.12. The van der Waals surface area contributed by atoms with Gasteiger partial charge in [0.15, 0.2) is 0 Å². The monoisotopic (exact) mass is 236 g/mol. The van der Waals surface area contributed by atoms with Gasteiger partial charge in [0, 0.05) is 25.3 Å². The summed E-state index contributed by atoms with van der Waals surface area (Å²) in [6.45, 7) is 3.08. The molecule has 1 saturated heterocycles. The summed E-state index contributed by atoms with van der Waals surface area (Å²) < 4.78 is 5.34. The lowest BCUT2D eigenvalue weighted by atomic mass is 10.2. The van der Waals surface area contributed by atoms with Crippen LogP contribution in [-0.4, -0.2) is 43.2 Å². The third-order valence-corrected chi connectivity index (χ3v) is 2.58. The fourth-order valence-corrected chi connectivity index (χ4v) is 1.62. The number of ether oxygens (including phenoxy) is 1. The van der Waals surface area contributed by atoms with Crippen molar-refractivity contribution in [3.63, 3.8) is 0 Å². The molecule has 2 rings (SSSR count). The van der Waals surface area contributed by atoms with Crippen molar-refractivity contribution in [2.75, 3.05) is 31.6 Å². The number of amides is 1. The van der Waals surface area contributed by atoms with Crippen LogP contribution in [0.15, 0.2) is 18.3 Å². The average Bonchev–Trinajstić information content (AvgIpc) is 2.38. The van der Waals surface area contributed by atoms with Crippen molar-refractivity contribution >= 4 is 11.7 Å². The van der Waals surface area contributed by atoms with E-state index in [4.69, 9.17) is 10.5 Å². The molecule has 1 atom stereocenters. The van der Waals surface area contributed by atoms with E-state index in [1.165, 1.54) is 6.20 Å². The molecule has 6 nitrogen and oxygen atoms in total. The number of nitrogens with two attached hydrogens (primary N) is 1. The van der Waals surface area contributed by atoms with Crippen LogP contribution in [0.2, 0.25) is 0 Å². The Morgan fingerprint density at radius 1 is 1.65 bits per heavy atom. The minimum Gasteiger partial charge on any atom is -0.378 e. The van der Waals surface area contributed by atoms with Crippen LogP contribution in [0.1, 0.15) is 10.4 Å². The van der Waals surface area contributed by atoms with Gasteiger partial charge in [0.05, 0.1) is 18.8 Å². The lowest BCUT2D eigenvalue weighted by molar-refractivity contribution is 0.0806. The lowest BCUT2D eigenvalue weighted by Gasteiger charge is -2.24. The van der Waals surface area contributed by atoms with Gasteiger partial charge in [-0.1, -0.05) is 0 Å². The van der Waals surface area contributed by atoms with E-state index in [1.54, 1.807) is 12.1 Å². The smallest absolute Gasteiger partial charge is 0.250 e. The summed E-state index contributed by atoms with van der Waals surface area (Å²) in [5, 5.41) is 6.50. The SMILES string of the molecule is NC(=O)c1ccc(NCC2COCCN2)nc1. The Morgan fingerprint density at radius 3 is 3.12 bits per heavy atom. The first kappa shape index (κ1) is 11.8. The number of carbonyl (C=O) groups excluding carboxylic acids is 1. The van der Waals surface area contributed by atoms with Crippen LogP contribution in [0.5, 0.6) is 0 Å². The van der Waals surface area contributed by atoms with Gasteiger partial charge in [0.2, 0.25) is 5.91 Å². The standard InChI is InChI=1S/C11H16N4O2/c12-11(16)8-1-2-10(14-5-8)15-6-9-7-17-4-3-13-9/h1-2,5,9,13H,3-4,6-7H2,(H2,12,16)(H,14,15). The van der Waals surface area contributed by atoms with E-state index < -0.39 is 5.91 Å². The van der Waals surface area contributed by atoms with Crippen LogP contribution < -0.4 is 16.4 Å². The van der Waals surface area contributed by atoms with Gasteiger partial charge in [-0.3, -0.25) is 4.79 Å². The first-order valence-corrected chi connectivity index (χ1v) is 5.56. The zero-order chi connectivity index (χ0) is 12.1. The molecule has 0 spiro atoms. The van der Waals surface area contributed by atoms with Crippen LogP contribution in [0.25, 0.3) is 0 Å². The molecular weight excluding hydrogens is 220 g/mol. The van der Waals surface area contributed by atoms with E-state index >= 15 is 0 Å². The minimum atomic E-state index is -0.466. The Hall–Kier alpha value is -1.66. The van der Waals surface area contributed by atoms with Gasteiger partial charge in [-0.25, -0.2) is 4.98 Å². The molecule has 1 amide bonds. The van der Waals surface area contributed by atoms with Gasteiger partial charge in [-0.15, -0.1) is 0 Å². The molecule has 1 aliphatic heterocycles. The van der Waals surface area contributed by atoms with Crippen molar-refractivity contribution in [2.45, 2.75) is 6.04 Å². The Kier molecular flexibility index (Phi) is 3.89. The molecule has 6 heteroatoms. The fourth-order valence-electron chi connectivity index (χ4n) is 1.62. The molecule has 0 bridgehead atoms. The van der Waals surface area contributed by atoms with Crippen LogP contribution >= 0.6 is 0 Å². The second-order valence-corrected chi connectivity index (χ2v) is 3.90. The largest absolute Gasteiger partial charge is 0.378 e. The molecule has 0 saturated carbocycles. The number of morpholine rings is 1. The molecule has 92 valence electrons. The Morgan fingerprint density at radius 2 is 2.53 bits per heavy atom. The van der Waals surface area contributed by atoms with Crippen molar-refractivity contribution in [2.24, 2.45) is 5.73 Å². The zero-order valence-electron chi connectivity index (χ0n) is 9.48. The molecule has 1 unspecified atom stereocenters. The third kappa shape index (κ3) is 3.40. The quantitative estimate of drug-likeness (QED) is 0.660. The van der Waals surface area contributed by atoms with Crippen LogP contribution in [-0.2, 0) is 4.74 Å². The molecule has 1 aromatic rings. The molecule has 4 N–H and O–H groups in total. The maximum atomic E-state index is 10.9.